The molecular formula is C23H32N2O4S. The highest BCUT2D eigenvalue weighted by molar-refractivity contribution is 7.89. The first-order chi connectivity index (χ1) is 14.1. The summed E-state index contributed by atoms with van der Waals surface area (Å²) < 4.78 is 31.4. The third-order valence-corrected chi connectivity index (χ3v) is 7.14. The monoisotopic (exact) mass is 432 g/mol. The molecule has 2 aromatic carbocycles. The van der Waals surface area contributed by atoms with Crippen molar-refractivity contribution < 1.29 is 17.9 Å². The molecule has 30 heavy (non-hydrogen) atoms. The third kappa shape index (κ3) is 5.61. The van der Waals surface area contributed by atoms with Crippen LogP contribution in [0.5, 0.6) is 5.75 Å². The molecule has 0 saturated carbocycles. The summed E-state index contributed by atoms with van der Waals surface area (Å²) in [5.74, 6) is 0.490. The Bertz CT molecular complexity index is 1000. The maximum atomic E-state index is 12.6. The highest BCUT2D eigenvalue weighted by Gasteiger charge is 2.20. The van der Waals surface area contributed by atoms with Crippen molar-refractivity contribution in [2.24, 2.45) is 0 Å². The summed E-state index contributed by atoms with van der Waals surface area (Å²) in [6, 6.07) is 10.9. The molecule has 1 N–H and O–H groups in total. The van der Waals surface area contributed by atoms with Crippen molar-refractivity contribution in [3.8, 4) is 5.75 Å². The highest BCUT2D eigenvalue weighted by atomic mass is 32.2. The summed E-state index contributed by atoms with van der Waals surface area (Å²) in [6.45, 7) is 6.17. The molecule has 0 aromatic heterocycles. The maximum Gasteiger partial charge on any atom is 0.242 e. The van der Waals surface area contributed by atoms with E-state index in [4.69, 9.17) is 4.74 Å². The lowest BCUT2D eigenvalue weighted by Crippen LogP contribution is -2.28. The van der Waals surface area contributed by atoms with E-state index >= 15 is 0 Å². The molecule has 2 aromatic rings. The Morgan fingerprint density at radius 1 is 1.10 bits per heavy atom. The molecule has 0 saturated heterocycles. The van der Waals surface area contributed by atoms with Gasteiger partial charge in [0.2, 0.25) is 15.9 Å². The molecule has 0 radical (unpaired) electrons. The summed E-state index contributed by atoms with van der Waals surface area (Å²) in [7, 11) is 0.962. The number of aryl methyl sites for hydroxylation is 3. The van der Waals surface area contributed by atoms with Gasteiger partial charge in [-0.15, -0.1) is 0 Å². The molecule has 0 aliphatic carbocycles. The molecule has 0 bridgehead atoms. The van der Waals surface area contributed by atoms with Crippen LogP contribution in [0, 0.1) is 13.8 Å². The van der Waals surface area contributed by atoms with Crippen molar-refractivity contribution in [2.75, 3.05) is 21.2 Å². The predicted octanol–water partition coefficient (Wildman–Crippen LogP) is 3.76. The van der Waals surface area contributed by atoms with Crippen LogP contribution in [0.25, 0.3) is 0 Å². The van der Waals surface area contributed by atoms with Gasteiger partial charge in [0.25, 0.3) is 0 Å². The number of carbonyl (C=O) groups excluding carboxylic acids is 1. The first kappa shape index (κ1) is 23.9. The van der Waals surface area contributed by atoms with E-state index in [9.17, 15) is 13.2 Å². The minimum absolute atomic E-state index is 0.0563. The van der Waals surface area contributed by atoms with E-state index in [1.54, 1.807) is 12.1 Å². The van der Waals surface area contributed by atoms with Gasteiger partial charge in [0.15, 0.2) is 0 Å². The van der Waals surface area contributed by atoms with E-state index < -0.39 is 10.0 Å². The normalized spacial score (nSPS) is 12.6. The number of amides is 1. The molecule has 2 rings (SSSR count). The highest BCUT2D eigenvalue weighted by Crippen LogP contribution is 2.25. The number of sulfonamides is 1. The maximum absolute atomic E-state index is 12.6. The van der Waals surface area contributed by atoms with E-state index in [1.807, 2.05) is 6.92 Å². The molecular weight excluding hydrogens is 400 g/mol. The van der Waals surface area contributed by atoms with Crippen molar-refractivity contribution in [2.45, 2.75) is 51.0 Å². The van der Waals surface area contributed by atoms with Gasteiger partial charge >= 0.3 is 0 Å². The van der Waals surface area contributed by atoms with Gasteiger partial charge in [-0.05, 0) is 67.1 Å². The number of nitrogens with zero attached hydrogens (tertiary/aromatic N) is 1. The van der Waals surface area contributed by atoms with Crippen LogP contribution in [0.1, 0.15) is 48.1 Å². The van der Waals surface area contributed by atoms with Gasteiger partial charge in [-0.1, -0.05) is 25.1 Å². The Balaban J connectivity index is 2.13. The first-order valence-corrected chi connectivity index (χ1v) is 11.5. The quantitative estimate of drug-likeness (QED) is 0.655. The number of nitrogens with one attached hydrogen (secondary N) is 1. The van der Waals surface area contributed by atoms with Crippen molar-refractivity contribution in [1.29, 1.82) is 0 Å². The molecule has 7 heteroatoms. The smallest absolute Gasteiger partial charge is 0.242 e. The molecule has 1 unspecified atom stereocenters. The van der Waals surface area contributed by atoms with Crippen LogP contribution in [0.3, 0.4) is 0 Å². The van der Waals surface area contributed by atoms with Gasteiger partial charge in [0.05, 0.1) is 18.0 Å². The van der Waals surface area contributed by atoms with Crippen molar-refractivity contribution >= 4 is 15.9 Å². The molecule has 1 atom stereocenters. The number of hydrogen-bond donors (Lipinski definition) is 1. The summed E-state index contributed by atoms with van der Waals surface area (Å²) in [5.41, 5.74) is 4.20. The average molecular weight is 433 g/mol. The topological polar surface area (TPSA) is 75.7 Å². The molecule has 0 spiro atoms. The lowest BCUT2D eigenvalue weighted by atomic mass is 9.99. The molecule has 0 aliphatic rings. The number of benzene rings is 2. The summed E-state index contributed by atoms with van der Waals surface area (Å²) in [5, 5.41) is 3.09. The van der Waals surface area contributed by atoms with E-state index in [0.717, 1.165) is 12.0 Å². The zero-order valence-corrected chi connectivity index (χ0v) is 19.5. The van der Waals surface area contributed by atoms with Gasteiger partial charge < -0.3 is 10.1 Å². The Labute approximate surface area is 180 Å². The molecule has 0 aliphatic heterocycles. The molecule has 6 nitrogen and oxygen atoms in total. The van der Waals surface area contributed by atoms with Crippen LogP contribution in [-0.2, 0) is 21.2 Å². The predicted molar refractivity (Wildman–Crippen MR) is 119 cm³/mol. The van der Waals surface area contributed by atoms with Gasteiger partial charge in [-0.25, -0.2) is 12.7 Å². The van der Waals surface area contributed by atoms with Gasteiger partial charge in [-0.2, -0.15) is 0 Å². The van der Waals surface area contributed by atoms with Crippen LogP contribution in [0.2, 0.25) is 0 Å². The Kier molecular flexibility index (Phi) is 8.03. The van der Waals surface area contributed by atoms with Crippen molar-refractivity contribution in [1.82, 2.24) is 9.62 Å². The van der Waals surface area contributed by atoms with Crippen molar-refractivity contribution in [3.05, 3.63) is 58.7 Å². The fourth-order valence-corrected chi connectivity index (χ4v) is 4.19. The number of rotatable bonds is 9. The Morgan fingerprint density at radius 3 is 2.37 bits per heavy atom. The lowest BCUT2D eigenvalue weighted by molar-refractivity contribution is -0.121. The first-order valence-electron chi connectivity index (χ1n) is 10.1. The molecule has 1 amide bonds. The second kappa shape index (κ2) is 10.1. The molecule has 0 fully saturated rings. The van der Waals surface area contributed by atoms with Gasteiger partial charge in [0.1, 0.15) is 5.75 Å². The Morgan fingerprint density at radius 2 is 1.80 bits per heavy atom. The SMILES string of the molecule is CCC(NC(=O)CCc1cc(S(=O)(=O)N(C)C)ccc1OC)c1ccc(C)c(C)c1. The lowest BCUT2D eigenvalue weighted by Gasteiger charge is -2.19. The number of ether oxygens (including phenoxy) is 1. The standard InChI is InChI=1S/C23H32N2O4S/c1-7-21(18-9-8-16(2)17(3)14-18)24-23(26)13-10-19-15-20(11-12-22(19)29-6)30(27,28)25(4)5/h8-9,11-12,14-15,21H,7,10,13H2,1-6H3,(H,24,26). The Hall–Kier alpha value is -2.38. The number of carbonyl (C=O) groups is 1. The fourth-order valence-electron chi connectivity index (χ4n) is 3.24. The van der Waals surface area contributed by atoms with Gasteiger partial charge in [-0.3, -0.25) is 4.79 Å². The second-order valence-electron chi connectivity index (χ2n) is 7.63. The van der Waals surface area contributed by atoms with Crippen LogP contribution >= 0.6 is 0 Å². The largest absolute Gasteiger partial charge is 0.496 e. The van der Waals surface area contributed by atoms with Crippen molar-refractivity contribution in [3.63, 3.8) is 0 Å². The minimum Gasteiger partial charge on any atom is -0.496 e. The summed E-state index contributed by atoms with van der Waals surface area (Å²) in [6.07, 6.45) is 1.41. The number of hydrogen-bond acceptors (Lipinski definition) is 4. The second-order valence-corrected chi connectivity index (χ2v) is 9.78. The zero-order chi connectivity index (χ0) is 22.5. The van der Waals surface area contributed by atoms with E-state index in [1.165, 1.54) is 42.7 Å². The summed E-state index contributed by atoms with van der Waals surface area (Å²) in [4.78, 5) is 12.8. The van der Waals surface area contributed by atoms with Crippen LogP contribution in [-0.4, -0.2) is 39.8 Å². The van der Waals surface area contributed by atoms with E-state index in [2.05, 4.69) is 37.4 Å². The van der Waals surface area contributed by atoms with Crippen LogP contribution < -0.4 is 10.1 Å². The minimum atomic E-state index is -3.55. The zero-order valence-electron chi connectivity index (χ0n) is 18.7. The molecule has 164 valence electrons. The number of methoxy groups -OCH3 is 1. The van der Waals surface area contributed by atoms with E-state index in [-0.39, 0.29) is 23.3 Å². The average Bonchev–Trinajstić information content (AvgIpc) is 2.72. The third-order valence-electron chi connectivity index (χ3n) is 5.33. The van der Waals surface area contributed by atoms with Crippen LogP contribution in [0.15, 0.2) is 41.3 Å². The molecule has 0 heterocycles. The van der Waals surface area contributed by atoms with E-state index in [0.29, 0.717) is 17.7 Å². The van der Waals surface area contributed by atoms with Crippen LogP contribution in [0.4, 0.5) is 0 Å². The fraction of sp³-hybridized carbons (Fsp3) is 0.435. The summed E-state index contributed by atoms with van der Waals surface area (Å²) >= 11 is 0. The van der Waals surface area contributed by atoms with Gasteiger partial charge in [0, 0.05) is 20.5 Å².